The SMILES string of the molecule is COc1ccc(C(=O)Nc2ccc(N3CCC(N[C@H](c4ccco4)C(F)(F)F)CC3)cc2)cc1. The lowest BCUT2D eigenvalue weighted by atomic mass is 10.0. The van der Waals surface area contributed by atoms with E-state index in [2.05, 4.69) is 15.5 Å². The largest absolute Gasteiger partial charge is 0.497 e. The van der Waals surface area contributed by atoms with E-state index in [0.717, 1.165) is 5.69 Å². The first kappa shape index (κ1) is 23.7. The van der Waals surface area contributed by atoms with Gasteiger partial charge in [0.2, 0.25) is 0 Å². The number of benzene rings is 2. The van der Waals surface area contributed by atoms with Crippen LogP contribution in [0.4, 0.5) is 24.5 Å². The van der Waals surface area contributed by atoms with Crippen LogP contribution in [0.25, 0.3) is 0 Å². The Morgan fingerprint density at radius 2 is 1.74 bits per heavy atom. The third kappa shape index (κ3) is 5.72. The Morgan fingerprint density at radius 3 is 2.29 bits per heavy atom. The molecule has 1 atom stereocenters. The summed E-state index contributed by atoms with van der Waals surface area (Å²) in [6.45, 7) is 1.25. The highest BCUT2D eigenvalue weighted by Gasteiger charge is 2.44. The van der Waals surface area contributed by atoms with Crippen LogP contribution in [0, 0.1) is 0 Å². The zero-order chi connectivity index (χ0) is 24.1. The van der Waals surface area contributed by atoms with Gasteiger partial charge in [-0.25, -0.2) is 0 Å². The maximum atomic E-state index is 13.5. The standard InChI is InChI=1S/C25H26F3N3O3/c1-33-21-10-4-17(5-11-21)24(32)30-18-6-8-20(9-7-18)31-14-12-19(13-15-31)29-23(25(26,27)28)22-3-2-16-34-22/h2-11,16,19,23,29H,12-15H2,1H3,(H,30,32)/t23-/m1/s1. The van der Waals surface area contributed by atoms with Gasteiger partial charge in [0.15, 0.2) is 6.04 Å². The second kappa shape index (κ2) is 10.2. The third-order valence-corrected chi connectivity index (χ3v) is 5.89. The maximum Gasteiger partial charge on any atom is 0.411 e. The first-order valence-corrected chi connectivity index (χ1v) is 11.0. The number of carbonyl (C=O) groups is 1. The van der Waals surface area contributed by atoms with E-state index in [-0.39, 0.29) is 17.7 Å². The molecule has 2 heterocycles. The summed E-state index contributed by atoms with van der Waals surface area (Å²) in [6.07, 6.45) is -2.03. The zero-order valence-corrected chi connectivity index (χ0v) is 18.6. The van der Waals surface area contributed by atoms with Crippen LogP contribution < -0.4 is 20.3 Å². The van der Waals surface area contributed by atoms with E-state index >= 15 is 0 Å². The fraction of sp³-hybridized carbons (Fsp3) is 0.320. The van der Waals surface area contributed by atoms with Gasteiger partial charge in [-0.1, -0.05) is 0 Å². The van der Waals surface area contributed by atoms with E-state index in [9.17, 15) is 18.0 Å². The van der Waals surface area contributed by atoms with Crippen molar-refractivity contribution in [3.8, 4) is 5.75 Å². The normalized spacial score (nSPS) is 15.7. The van der Waals surface area contributed by atoms with E-state index in [1.807, 2.05) is 24.3 Å². The van der Waals surface area contributed by atoms with Gasteiger partial charge in [0.25, 0.3) is 5.91 Å². The van der Waals surface area contributed by atoms with Gasteiger partial charge in [-0.2, -0.15) is 13.2 Å². The minimum atomic E-state index is -4.43. The van der Waals surface area contributed by atoms with Crippen LogP contribution in [-0.2, 0) is 0 Å². The number of nitrogens with zero attached hydrogens (tertiary/aromatic N) is 1. The molecule has 9 heteroatoms. The molecule has 0 bridgehead atoms. The van der Waals surface area contributed by atoms with Crippen LogP contribution in [0.1, 0.15) is 35.0 Å². The number of halogens is 3. The highest BCUT2D eigenvalue weighted by Crippen LogP contribution is 2.34. The molecule has 1 aromatic heterocycles. The van der Waals surface area contributed by atoms with Crippen LogP contribution in [0.5, 0.6) is 5.75 Å². The van der Waals surface area contributed by atoms with Crippen molar-refractivity contribution in [3.63, 3.8) is 0 Å². The molecule has 3 aromatic rings. The summed E-state index contributed by atoms with van der Waals surface area (Å²) in [5.74, 6) is 0.329. The molecule has 0 saturated carbocycles. The molecule has 0 spiro atoms. The number of hydrogen-bond acceptors (Lipinski definition) is 5. The van der Waals surface area contributed by atoms with Crippen molar-refractivity contribution >= 4 is 17.3 Å². The highest BCUT2D eigenvalue weighted by molar-refractivity contribution is 6.04. The van der Waals surface area contributed by atoms with Crippen molar-refractivity contribution in [2.24, 2.45) is 0 Å². The summed E-state index contributed by atoms with van der Waals surface area (Å²) in [5.41, 5.74) is 2.14. The van der Waals surface area contributed by atoms with Crippen molar-refractivity contribution in [1.82, 2.24) is 5.32 Å². The zero-order valence-electron chi connectivity index (χ0n) is 18.6. The first-order chi connectivity index (χ1) is 16.3. The number of ether oxygens (including phenoxy) is 1. The number of piperidine rings is 1. The molecule has 1 fully saturated rings. The summed E-state index contributed by atoms with van der Waals surface area (Å²) in [5, 5.41) is 5.58. The van der Waals surface area contributed by atoms with Gasteiger partial charge >= 0.3 is 6.18 Å². The summed E-state index contributed by atoms with van der Waals surface area (Å²) in [7, 11) is 1.57. The predicted octanol–water partition coefficient (Wildman–Crippen LogP) is 5.40. The average molecular weight is 473 g/mol. The lowest BCUT2D eigenvalue weighted by Crippen LogP contribution is -2.46. The number of carbonyl (C=O) groups excluding carboxylic acids is 1. The van der Waals surface area contributed by atoms with E-state index in [1.165, 1.54) is 18.4 Å². The van der Waals surface area contributed by atoms with Gasteiger partial charge in [0.05, 0.1) is 13.4 Å². The monoisotopic (exact) mass is 473 g/mol. The molecule has 1 amide bonds. The van der Waals surface area contributed by atoms with E-state index in [0.29, 0.717) is 42.9 Å². The number of methoxy groups -OCH3 is 1. The van der Waals surface area contributed by atoms with Crippen LogP contribution in [0.3, 0.4) is 0 Å². The molecule has 0 aliphatic carbocycles. The van der Waals surface area contributed by atoms with Gasteiger partial charge in [0.1, 0.15) is 11.5 Å². The first-order valence-electron chi connectivity index (χ1n) is 11.0. The highest BCUT2D eigenvalue weighted by atomic mass is 19.4. The Morgan fingerprint density at radius 1 is 1.06 bits per heavy atom. The quantitative estimate of drug-likeness (QED) is 0.481. The van der Waals surface area contributed by atoms with Crippen molar-refractivity contribution < 1.29 is 27.1 Å². The second-order valence-corrected chi connectivity index (χ2v) is 8.15. The average Bonchev–Trinajstić information content (AvgIpc) is 3.37. The molecular formula is C25H26F3N3O3. The van der Waals surface area contributed by atoms with Gasteiger partial charge in [-0.15, -0.1) is 0 Å². The summed E-state index contributed by atoms with van der Waals surface area (Å²) in [6, 6.07) is 15.0. The van der Waals surface area contributed by atoms with Crippen molar-refractivity contribution in [3.05, 3.63) is 78.3 Å². The second-order valence-electron chi connectivity index (χ2n) is 8.15. The molecule has 4 rings (SSSR count). The fourth-order valence-corrected chi connectivity index (χ4v) is 4.03. The van der Waals surface area contributed by atoms with Gasteiger partial charge in [0, 0.05) is 36.1 Å². The summed E-state index contributed by atoms with van der Waals surface area (Å²) < 4.78 is 50.6. The minimum absolute atomic E-state index is 0.123. The number of nitrogens with one attached hydrogen (secondary N) is 2. The Bertz CT molecular complexity index is 1060. The minimum Gasteiger partial charge on any atom is -0.497 e. The molecule has 2 N–H and O–H groups in total. The van der Waals surface area contributed by atoms with Crippen LogP contribution in [-0.4, -0.2) is 38.3 Å². The third-order valence-electron chi connectivity index (χ3n) is 5.89. The van der Waals surface area contributed by atoms with Crippen molar-refractivity contribution in [2.45, 2.75) is 31.1 Å². The van der Waals surface area contributed by atoms with E-state index < -0.39 is 12.2 Å². The van der Waals surface area contributed by atoms with Crippen LogP contribution in [0.15, 0.2) is 71.3 Å². The van der Waals surface area contributed by atoms with E-state index in [1.54, 1.807) is 31.4 Å². The molecule has 6 nitrogen and oxygen atoms in total. The molecule has 0 unspecified atom stereocenters. The Labute approximate surface area is 195 Å². The molecule has 34 heavy (non-hydrogen) atoms. The van der Waals surface area contributed by atoms with Gasteiger partial charge in [-0.05, 0) is 73.5 Å². The molecule has 180 valence electrons. The molecular weight excluding hydrogens is 447 g/mol. The summed E-state index contributed by atoms with van der Waals surface area (Å²) in [4.78, 5) is 14.6. The maximum absolute atomic E-state index is 13.5. The van der Waals surface area contributed by atoms with Crippen molar-refractivity contribution in [2.75, 3.05) is 30.4 Å². The van der Waals surface area contributed by atoms with Crippen molar-refractivity contribution in [1.29, 1.82) is 0 Å². The smallest absolute Gasteiger partial charge is 0.411 e. The molecule has 2 aromatic carbocycles. The lowest BCUT2D eigenvalue weighted by molar-refractivity contribution is -0.163. The number of furan rings is 1. The van der Waals surface area contributed by atoms with Crippen LogP contribution in [0.2, 0.25) is 0 Å². The number of alkyl halides is 3. The van der Waals surface area contributed by atoms with Crippen LogP contribution >= 0.6 is 0 Å². The lowest BCUT2D eigenvalue weighted by Gasteiger charge is -2.36. The topological polar surface area (TPSA) is 66.7 Å². The van der Waals surface area contributed by atoms with Gasteiger partial charge < -0.3 is 19.4 Å². The molecule has 1 aliphatic rings. The fourth-order valence-electron chi connectivity index (χ4n) is 4.03. The predicted molar refractivity (Wildman–Crippen MR) is 123 cm³/mol. The summed E-state index contributed by atoms with van der Waals surface area (Å²) >= 11 is 0. The molecule has 1 aliphatic heterocycles. The molecule has 0 radical (unpaired) electrons. The Kier molecular flexibility index (Phi) is 7.12. The molecule has 1 saturated heterocycles. The Hall–Kier alpha value is -3.46. The number of anilines is 2. The Balaban J connectivity index is 1.31. The number of amides is 1. The number of hydrogen-bond donors (Lipinski definition) is 2. The number of rotatable bonds is 7. The van der Waals surface area contributed by atoms with E-state index in [4.69, 9.17) is 9.15 Å². The van der Waals surface area contributed by atoms with Gasteiger partial charge in [-0.3, -0.25) is 10.1 Å².